The highest BCUT2D eigenvalue weighted by Gasteiger charge is 2.48. The van der Waals surface area contributed by atoms with Gasteiger partial charge in [-0.1, -0.05) is 11.6 Å². The van der Waals surface area contributed by atoms with Gasteiger partial charge in [-0.2, -0.15) is 0 Å². The summed E-state index contributed by atoms with van der Waals surface area (Å²) in [5.74, 6) is -1.50. The van der Waals surface area contributed by atoms with E-state index in [0.717, 1.165) is 4.91 Å². The van der Waals surface area contributed by atoms with Crippen molar-refractivity contribution in [3.8, 4) is 11.5 Å². The highest BCUT2D eigenvalue weighted by Crippen LogP contribution is 2.51. The van der Waals surface area contributed by atoms with Crippen molar-refractivity contribution in [3.63, 3.8) is 0 Å². The van der Waals surface area contributed by atoms with E-state index in [-0.39, 0.29) is 29.3 Å². The van der Waals surface area contributed by atoms with Crippen molar-refractivity contribution in [2.75, 3.05) is 32.1 Å². The molecule has 1 fully saturated rings. The number of aliphatic imine (C=N–C) groups is 1. The van der Waals surface area contributed by atoms with Gasteiger partial charge in [-0.15, -0.1) is 11.8 Å². The molecule has 3 aliphatic rings. The molecule has 2 unspecified atom stereocenters. The van der Waals surface area contributed by atoms with Gasteiger partial charge in [0, 0.05) is 54.2 Å². The van der Waals surface area contributed by atoms with Crippen LogP contribution in [0.25, 0.3) is 0 Å². The predicted octanol–water partition coefficient (Wildman–Crippen LogP) is 3.40. The van der Waals surface area contributed by atoms with Crippen LogP contribution in [0.1, 0.15) is 42.6 Å². The largest absolute Gasteiger partial charge is 0.448 e. The van der Waals surface area contributed by atoms with Crippen LogP contribution in [-0.4, -0.2) is 68.2 Å². The van der Waals surface area contributed by atoms with Crippen LogP contribution in [0, 0.1) is 18.8 Å². The molecule has 3 heterocycles. The number of halogens is 1. The fourth-order valence-electron chi connectivity index (χ4n) is 4.85. The van der Waals surface area contributed by atoms with Gasteiger partial charge >= 0.3 is 0 Å². The zero-order chi connectivity index (χ0) is 26.4. The van der Waals surface area contributed by atoms with Gasteiger partial charge in [0.25, 0.3) is 17.6 Å². The van der Waals surface area contributed by atoms with Crippen LogP contribution in [0.2, 0.25) is 5.02 Å². The molecule has 9 nitrogen and oxygen atoms in total. The minimum atomic E-state index is -3.25. The molecule has 0 saturated carbocycles. The quantitative estimate of drug-likeness (QED) is 0.572. The Hall–Kier alpha value is -2.08. The first-order valence-electron chi connectivity index (χ1n) is 11.6. The van der Waals surface area contributed by atoms with Gasteiger partial charge in [0.2, 0.25) is 10.0 Å². The molecule has 2 atom stereocenters. The SMILES string of the molecule is CSC1=CC(C)=NC(=O)C1CNC(=O)c1cc(Cl)c2c(c1C)OC(C)(C1CCN(S(C)(=O)=O)CC1)O2. The molecule has 1 aromatic rings. The van der Waals surface area contributed by atoms with Gasteiger partial charge in [0.15, 0.2) is 11.5 Å². The van der Waals surface area contributed by atoms with E-state index < -0.39 is 21.7 Å². The minimum absolute atomic E-state index is 0.0614. The number of hydrogen-bond donors (Lipinski definition) is 1. The van der Waals surface area contributed by atoms with E-state index in [1.165, 1.54) is 22.3 Å². The van der Waals surface area contributed by atoms with Crippen LogP contribution in [-0.2, 0) is 14.8 Å². The van der Waals surface area contributed by atoms with Crippen LogP contribution < -0.4 is 14.8 Å². The summed E-state index contributed by atoms with van der Waals surface area (Å²) in [6, 6.07) is 1.54. The topological polar surface area (TPSA) is 114 Å². The zero-order valence-electron chi connectivity index (χ0n) is 20.9. The van der Waals surface area contributed by atoms with E-state index in [9.17, 15) is 18.0 Å². The summed E-state index contributed by atoms with van der Waals surface area (Å²) >= 11 is 7.98. The maximum absolute atomic E-state index is 13.1. The number of nitrogens with one attached hydrogen (secondary N) is 1. The van der Waals surface area contributed by atoms with E-state index in [0.29, 0.717) is 54.3 Å². The molecule has 0 spiro atoms. The summed E-state index contributed by atoms with van der Waals surface area (Å²) in [6.07, 6.45) is 6.09. The number of piperidine rings is 1. The number of hydrogen-bond acceptors (Lipinski definition) is 7. The van der Waals surface area contributed by atoms with Crippen molar-refractivity contribution < 1.29 is 27.5 Å². The molecular weight excluding hydrogens is 526 g/mol. The van der Waals surface area contributed by atoms with E-state index in [2.05, 4.69) is 10.3 Å². The fourth-order valence-corrected chi connectivity index (χ4v) is 6.72. The number of thioether (sulfide) groups is 1. The molecule has 1 aromatic carbocycles. The Morgan fingerprint density at radius 2 is 1.92 bits per heavy atom. The number of ether oxygens (including phenoxy) is 2. The second kappa shape index (κ2) is 10.00. The number of carbonyl (C=O) groups excluding carboxylic acids is 2. The van der Waals surface area contributed by atoms with Crippen molar-refractivity contribution in [3.05, 3.63) is 33.2 Å². The second-order valence-corrected chi connectivity index (χ2v) is 12.7. The number of carbonyl (C=O) groups is 2. The van der Waals surface area contributed by atoms with Gasteiger partial charge in [-0.25, -0.2) is 17.7 Å². The molecule has 36 heavy (non-hydrogen) atoms. The van der Waals surface area contributed by atoms with Crippen molar-refractivity contribution >= 4 is 50.9 Å². The maximum atomic E-state index is 13.1. The van der Waals surface area contributed by atoms with Gasteiger partial charge < -0.3 is 14.8 Å². The standard InChI is InChI=1S/C24H30ClN3O6S2/c1-13-10-19(35-4)17(23(30)27-13)12-26-22(29)16-11-18(25)21-20(14(16)2)33-24(3,34-21)15-6-8-28(9-7-15)36(5,31)32/h10-11,15,17H,6-9,12H2,1-5H3,(H,26,29). The van der Waals surface area contributed by atoms with Crippen molar-refractivity contribution in [1.82, 2.24) is 9.62 Å². The zero-order valence-corrected chi connectivity index (χ0v) is 23.3. The summed E-state index contributed by atoms with van der Waals surface area (Å²) < 4.78 is 37.6. The number of sulfonamides is 1. The lowest BCUT2D eigenvalue weighted by Crippen LogP contribution is -2.49. The monoisotopic (exact) mass is 555 g/mol. The maximum Gasteiger partial charge on any atom is 0.255 e. The Kier molecular flexibility index (Phi) is 7.49. The molecular formula is C24H30ClN3O6S2. The molecule has 196 valence electrons. The van der Waals surface area contributed by atoms with E-state index in [1.807, 2.05) is 19.3 Å². The predicted molar refractivity (Wildman–Crippen MR) is 141 cm³/mol. The summed E-state index contributed by atoms with van der Waals surface area (Å²) in [5, 5.41) is 3.09. The lowest BCUT2D eigenvalue weighted by Gasteiger charge is -2.37. The number of nitrogens with zero attached hydrogens (tertiary/aromatic N) is 2. The number of benzene rings is 1. The van der Waals surface area contributed by atoms with Crippen LogP contribution in [0.3, 0.4) is 0 Å². The average Bonchev–Trinajstić information content (AvgIpc) is 3.19. The van der Waals surface area contributed by atoms with Gasteiger partial charge in [0.05, 0.1) is 17.2 Å². The third kappa shape index (κ3) is 5.16. The van der Waals surface area contributed by atoms with E-state index in [1.54, 1.807) is 19.9 Å². The molecule has 1 saturated heterocycles. The number of rotatable bonds is 6. The van der Waals surface area contributed by atoms with Crippen LogP contribution >= 0.6 is 23.4 Å². The Bertz CT molecular complexity index is 1270. The number of allylic oxidation sites excluding steroid dienone is 1. The molecule has 0 aliphatic carbocycles. The second-order valence-electron chi connectivity index (χ2n) is 9.45. The third-order valence-corrected chi connectivity index (χ3v) is 9.40. The summed E-state index contributed by atoms with van der Waals surface area (Å²) in [4.78, 5) is 30.4. The highest BCUT2D eigenvalue weighted by molar-refractivity contribution is 8.02. The van der Waals surface area contributed by atoms with Gasteiger partial charge in [-0.3, -0.25) is 9.59 Å². The van der Waals surface area contributed by atoms with Crippen LogP contribution in [0.5, 0.6) is 11.5 Å². The number of fused-ring (bicyclic) bond motifs is 1. The first-order valence-corrected chi connectivity index (χ1v) is 15.1. The number of amides is 2. The first-order chi connectivity index (χ1) is 16.8. The van der Waals surface area contributed by atoms with Crippen LogP contribution in [0.15, 0.2) is 22.0 Å². The minimum Gasteiger partial charge on any atom is -0.448 e. The molecule has 2 amide bonds. The Labute approximate surface area is 220 Å². The van der Waals surface area contributed by atoms with E-state index >= 15 is 0 Å². The fraction of sp³-hybridized carbons (Fsp3) is 0.542. The number of dihydropyridines is 1. The Morgan fingerprint density at radius 1 is 1.28 bits per heavy atom. The lowest BCUT2D eigenvalue weighted by molar-refractivity contribution is -0.121. The highest BCUT2D eigenvalue weighted by atomic mass is 35.5. The average molecular weight is 556 g/mol. The molecule has 12 heteroatoms. The Balaban J connectivity index is 1.49. The van der Waals surface area contributed by atoms with Gasteiger partial charge in [0.1, 0.15) is 0 Å². The smallest absolute Gasteiger partial charge is 0.255 e. The molecule has 4 rings (SSSR count). The Morgan fingerprint density at radius 3 is 2.53 bits per heavy atom. The summed E-state index contributed by atoms with van der Waals surface area (Å²) in [6.45, 7) is 6.23. The molecule has 0 bridgehead atoms. The van der Waals surface area contributed by atoms with Crippen molar-refractivity contribution in [1.29, 1.82) is 0 Å². The summed E-state index contributed by atoms with van der Waals surface area (Å²) in [7, 11) is -3.25. The molecule has 1 N–H and O–H groups in total. The molecule has 0 radical (unpaired) electrons. The molecule has 0 aromatic heterocycles. The molecule has 3 aliphatic heterocycles. The van der Waals surface area contributed by atoms with Gasteiger partial charge in [-0.05, 0) is 45.1 Å². The van der Waals surface area contributed by atoms with Crippen LogP contribution in [0.4, 0.5) is 0 Å². The van der Waals surface area contributed by atoms with E-state index in [4.69, 9.17) is 21.1 Å². The van der Waals surface area contributed by atoms with Crippen molar-refractivity contribution in [2.45, 2.75) is 39.4 Å². The third-order valence-electron chi connectivity index (χ3n) is 6.94. The summed E-state index contributed by atoms with van der Waals surface area (Å²) in [5.41, 5.74) is 1.56. The first kappa shape index (κ1) is 27.0. The normalized spacial score (nSPS) is 24.9. The lowest BCUT2D eigenvalue weighted by atomic mass is 9.90. The van der Waals surface area contributed by atoms with Crippen molar-refractivity contribution in [2.24, 2.45) is 16.8 Å².